The van der Waals surface area contributed by atoms with E-state index < -0.39 is 21.9 Å². The van der Waals surface area contributed by atoms with E-state index in [0.29, 0.717) is 18.5 Å². The molecule has 0 aliphatic carbocycles. The summed E-state index contributed by atoms with van der Waals surface area (Å²) >= 11 is 0. The Kier molecular flexibility index (Phi) is 7.09. The Morgan fingerprint density at radius 2 is 1.59 bits per heavy atom. The number of sulfonamides is 1. The van der Waals surface area contributed by atoms with Crippen LogP contribution in [0, 0.1) is 0 Å². The number of hydrogen-bond donors (Lipinski definition) is 2. The fraction of sp³-hybridized carbons (Fsp3) is 0.263. The van der Waals surface area contributed by atoms with Gasteiger partial charge in [-0.2, -0.15) is 0 Å². The standard InChI is InChI=1S/C19H22N2O5S/c1-2-14-3-7-16(8-4-14)19(23)26-13-18(22)21-12-11-15-5-9-17(10-6-15)27(20,24)25/h3-10H,2,11-13H2,1H3,(H,21,22)(H2,20,24,25). The van der Waals surface area contributed by atoms with E-state index in [0.717, 1.165) is 17.5 Å². The average Bonchev–Trinajstić information content (AvgIpc) is 2.66. The topological polar surface area (TPSA) is 116 Å². The molecule has 0 aromatic heterocycles. The lowest BCUT2D eigenvalue weighted by molar-refractivity contribution is -0.124. The van der Waals surface area contributed by atoms with Gasteiger partial charge in [0.05, 0.1) is 10.5 Å². The predicted molar refractivity (Wildman–Crippen MR) is 101 cm³/mol. The molecule has 0 spiro atoms. The lowest BCUT2D eigenvalue weighted by Gasteiger charge is -2.07. The highest BCUT2D eigenvalue weighted by Gasteiger charge is 2.10. The van der Waals surface area contributed by atoms with Gasteiger partial charge in [0.25, 0.3) is 5.91 Å². The zero-order valence-electron chi connectivity index (χ0n) is 15.0. The van der Waals surface area contributed by atoms with Crippen LogP contribution < -0.4 is 10.5 Å². The molecule has 1 amide bonds. The Morgan fingerprint density at radius 3 is 2.15 bits per heavy atom. The molecule has 0 atom stereocenters. The monoisotopic (exact) mass is 390 g/mol. The van der Waals surface area contributed by atoms with Crippen LogP contribution in [0.1, 0.15) is 28.4 Å². The number of amides is 1. The van der Waals surface area contributed by atoms with Crippen molar-refractivity contribution in [1.82, 2.24) is 5.32 Å². The van der Waals surface area contributed by atoms with Gasteiger partial charge in [0, 0.05) is 6.54 Å². The molecule has 2 aromatic rings. The van der Waals surface area contributed by atoms with E-state index in [9.17, 15) is 18.0 Å². The first-order valence-electron chi connectivity index (χ1n) is 8.44. The molecular weight excluding hydrogens is 368 g/mol. The summed E-state index contributed by atoms with van der Waals surface area (Å²) in [7, 11) is -3.71. The Balaban J connectivity index is 1.73. The van der Waals surface area contributed by atoms with Crippen LogP contribution in [0.2, 0.25) is 0 Å². The van der Waals surface area contributed by atoms with Crippen molar-refractivity contribution in [3.05, 3.63) is 65.2 Å². The normalized spacial score (nSPS) is 11.0. The number of carbonyl (C=O) groups excluding carboxylic acids is 2. The van der Waals surface area contributed by atoms with Gasteiger partial charge < -0.3 is 10.1 Å². The molecule has 0 bridgehead atoms. The number of benzene rings is 2. The van der Waals surface area contributed by atoms with E-state index in [1.54, 1.807) is 24.3 Å². The van der Waals surface area contributed by atoms with Gasteiger partial charge in [-0.05, 0) is 48.2 Å². The molecule has 0 heterocycles. The third kappa shape index (κ3) is 6.50. The first-order chi connectivity index (χ1) is 12.8. The molecule has 8 heteroatoms. The molecular formula is C19H22N2O5S. The van der Waals surface area contributed by atoms with Crippen LogP contribution in [0.4, 0.5) is 0 Å². The maximum Gasteiger partial charge on any atom is 0.338 e. The number of ether oxygens (including phenoxy) is 1. The molecule has 2 rings (SSSR count). The highest BCUT2D eigenvalue weighted by molar-refractivity contribution is 7.89. The van der Waals surface area contributed by atoms with Gasteiger partial charge in [-0.1, -0.05) is 31.2 Å². The summed E-state index contributed by atoms with van der Waals surface area (Å²) in [5.41, 5.74) is 2.35. The molecule has 0 radical (unpaired) electrons. The summed E-state index contributed by atoms with van der Waals surface area (Å²) in [6.07, 6.45) is 1.38. The lowest BCUT2D eigenvalue weighted by Crippen LogP contribution is -2.30. The number of nitrogens with one attached hydrogen (secondary N) is 1. The largest absolute Gasteiger partial charge is 0.452 e. The summed E-state index contributed by atoms with van der Waals surface area (Å²) < 4.78 is 27.4. The smallest absolute Gasteiger partial charge is 0.338 e. The molecule has 0 aliphatic heterocycles. The van der Waals surface area contributed by atoms with Gasteiger partial charge in [0.1, 0.15) is 0 Å². The summed E-state index contributed by atoms with van der Waals surface area (Å²) in [4.78, 5) is 23.7. The lowest BCUT2D eigenvalue weighted by atomic mass is 10.1. The molecule has 0 aliphatic rings. The van der Waals surface area contributed by atoms with Gasteiger partial charge in [0.15, 0.2) is 6.61 Å². The Labute approximate surface area is 158 Å². The number of esters is 1. The zero-order valence-corrected chi connectivity index (χ0v) is 15.8. The highest BCUT2D eigenvalue weighted by atomic mass is 32.2. The summed E-state index contributed by atoms with van der Waals surface area (Å²) in [5, 5.41) is 7.68. The minimum absolute atomic E-state index is 0.0363. The van der Waals surface area contributed by atoms with E-state index in [2.05, 4.69) is 5.32 Å². The summed E-state index contributed by atoms with van der Waals surface area (Å²) in [6.45, 7) is 1.99. The number of aryl methyl sites for hydroxylation is 1. The van der Waals surface area contributed by atoms with Crippen molar-refractivity contribution in [3.8, 4) is 0 Å². The van der Waals surface area contributed by atoms with E-state index in [-0.39, 0.29) is 11.5 Å². The summed E-state index contributed by atoms with van der Waals surface area (Å²) in [6, 6.07) is 13.1. The second kappa shape index (κ2) is 9.29. The minimum atomic E-state index is -3.71. The van der Waals surface area contributed by atoms with E-state index in [1.807, 2.05) is 19.1 Å². The van der Waals surface area contributed by atoms with Gasteiger partial charge in [-0.3, -0.25) is 4.79 Å². The minimum Gasteiger partial charge on any atom is -0.452 e. The van der Waals surface area contributed by atoms with Crippen LogP contribution in [0.15, 0.2) is 53.4 Å². The zero-order chi connectivity index (χ0) is 19.9. The predicted octanol–water partition coefficient (Wildman–Crippen LogP) is 1.41. The first kappa shape index (κ1) is 20.6. The average molecular weight is 390 g/mol. The molecule has 2 aromatic carbocycles. The van der Waals surface area contributed by atoms with Gasteiger partial charge in [-0.25, -0.2) is 18.4 Å². The molecule has 0 saturated heterocycles. The number of nitrogens with two attached hydrogens (primary N) is 1. The number of rotatable bonds is 8. The number of hydrogen-bond acceptors (Lipinski definition) is 5. The maximum atomic E-state index is 11.9. The van der Waals surface area contributed by atoms with Gasteiger partial charge in [0.2, 0.25) is 10.0 Å². The van der Waals surface area contributed by atoms with Crippen LogP contribution >= 0.6 is 0 Å². The molecule has 27 heavy (non-hydrogen) atoms. The molecule has 144 valence electrons. The third-order valence-corrected chi connectivity index (χ3v) is 4.85. The van der Waals surface area contributed by atoms with Crippen LogP contribution in [-0.4, -0.2) is 33.4 Å². The number of carbonyl (C=O) groups is 2. The quantitative estimate of drug-likeness (QED) is 0.661. The summed E-state index contributed by atoms with van der Waals surface area (Å²) in [5.74, 6) is -0.957. The van der Waals surface area contributed by atoms with Crippen molar-refractivity contribution in [1.29, 1.82) is 0 Å². The van der Waals surface area contributed by atoms with Gasteiger partial charge in [-0.15, -0.1) is 0 Å². The van der Waals surface area contributed by atoms with Gasteiger partial charge >= 0.3 is 5.97 Å². The molecule has 3 N–H and O–H groups in total. The van der Waals surface area contributed by atoms with E-state index >= 15 is 0 Å². The molecule has 0 saturated carbocycles. The Hall–Kier alpha value is -2.71. The SMILES string of the molecule is CCc1ccc(C(=O)OCC(=O)NCCc2ccc(S(N)(=O)=O)cc2)cc1. The highest BCUT2D eigenvalue weighted by Crippen LogP contribution is 2.09. The van der Waals surface area contributed by atoms with Crippen LogP contribution in [0.3, 0.4) is 0 Å². The van der Waals surface area contributed by atoms with Crippen LogP contribution in [0.25, 0.3) is 0 Å². The Morgan fingerprint density at radius 1 is 1.00 bits per heavy atom. The second-order valence-electron chi connectivity index (χ2n) is 5.92. The van der Waals surface area contributed by atoms with Crippen molar-refractivity contribution >= 4 is 21.9 Å². The fourth-order valence-electron chi connectivity index (χ4n) is 2.33. The fourth-order valence-corrected chi connectivity index (χ4v) is 2.85. The third-order valence-electron chi connectivity index (χ3n) is 3.92. The van der Waals surface area contributed by atoms with Crippen molar-refractivity contribution < 1.29 is 22.7 Å². The molecule has 7 nitrogen and oxygen atoms in total. The molecule has 0 fully saturated rings. The van der Waals surface area contributed by atoms with Crippen LogP contribution in [-0.2, 0) is 32.4 Å². The second-order valence-corrected chi connectivity index (χ2v) is 7.48. The van der Waals surface area contributed by atoms with E-state index in [1.165, 1.54) is 12.1 Å². The van der Waals surface area contributed by atoms with Crippen molar-refractivity contribution in [2.24, 2.45) is 5.14 Å². The van der Waals surface area contributed by atoms with E-state index in [4.69, 9.17) is 9.88 Å². The van der Waals surface area contributed by atoms with Crippen LogP contribution in [0.5, 0.6) is 0 Å². The Bertz CT molecular complexity index is 891. The first-order valence-corrected chi connectivity index (χ1v) is 9.98. The van der Waals surface area contributed by atoms with Crippen molar-refractivity contribution in [2.75, 3.05) is 13.2 Å². The number of primary sulfonamides is 1. The van der Waals surface area contributed by atoms with Crippen molar-refractivity contribution in [2.45, 2.75) is 24.7 Å². The van der Waals surface area contributed by atoms with Crippen molar-refractivity contribution in [3.63, 3.8) is 0 Å². The molecule has 0 unspecified atom stereocenters. The maximum absolute atomic E-state index is 11.9.